The molecular weight excluding hydrogens is 182 g/mol. The van der Waals surface area contributed by atoms with Gasteiger partial charge < -0.3 is 10.4 Å². The van der Waals surface area contributed by atoms with E-state index in [0.717, 1.165) is 43.4 Å². The standard InChI is InChI=1S/C10H19NOS/c12-10(3-5-13-6-4-10)8-11-7-9-1-2-9/h9,11-12H,1-8H2. The number of nitrogens with one attached hydrogen (secondary N) is 1. The number of hydrogen-bond acceptors (Lipinski definition) is 3. The molecular formula is C10H19NOS. The van der Waals surface area contributed by atoms with E-state index in [-0.39, 0.29) is 5.60 Å². The molecule has 1 saturated carbocycles. The summed E-state index contributed by atoms with van der Waals surface area (Å²) in [5.74, 6) is 3.17. The van der Waals surface area contributed by atoms with Gasteiger partial charge in [-0.3, -0.25) is 0 Å². The molecule has 0 aromatic carbocycles. The zero-order valence-electron chi connectivity index (χ0n) is 8.09. The molecule has 76 valence electrons. The average Bonchev–Trinajstić information content (AvgIpc) is 2.89. The molecule has 2 aliphatic rings. The van der Waals surface area contributed by atoms with Crippen molar-refractivity contribution in [2.75, 3.05) is 24.6 Å². The summed E-state index contributed by atoms with van der Waals surface area (Å²) in [7, 11) is 0. The third kappa shape index (κ3) is 3.15. The van der Waals surface area contributed by atoms with E-state index in [4.69, 9.17) is 0 Å². The Balaban J connectivity index is 1.64. The summed E-state index contributed by atoms with van der Waals surface area (Å²) in [5, 5.41) is 13.5. The minimum absolute atomic E-state index is 0.389. The Labute approximate surface area is 84.5 Å². The van der Waals surface area contributed by atoms with Gasteiger partial charge in [0.15, 0.2) is 0 Å². The zero-order chi connectivity index (χ0) is 9.15. The molecule has 0 radical (unpaired) electrons. The monoisotopic (exact) mass is 201 g/mol. The molecule has 0 atom stereocenters. The van der Waals surface area contributed by atoms with E-state index in [1.54, 1.807) is 0 Å². The lowest BCUT2D eigenvalue weighted by Crippen LogP contribution is -2.43. The van der Waals surface area contributed by atoms with Gasteiger partial charge in [-0.2, -0.15) is 11.8 Å². The third-order valence-electron chi connectivity index (χ3n) is 3.01. The van der Waals surface area contributed by atoms with E-state index in [1.165, 1.54) is 12.8 Å². The quantitative estimate of drug-likeness (QED) is 0.718. The van der Waals surface area contributed by atoms with Gasteiger partial charge in [-0.15, -0.1) is 0 Å². The van der Waals surface area contributed by atoms with Gasteiger partial charge in [0, 0.05) is 6.54 Å². The van der Waals surface area contributed by atoms with Crippen molar-refractivity contribution >= 4 is 11.8 Å². The number of thioether (sulfide) groups is 1. The van der Waals surface area contributed by atoms with Gasteiger partial charge in [-0.05, 0) is 49.7 Å². The first-order valence-corrected chi connectivity index (χ1v) is 6.45. The highest BCUT2D eigenvalue weighted by Crippen LogP contribution is 2.29. The lowest BCUT2D eigenvalue weighted by molar-refractivity contribution is 0.0322. The molecule has 0 unspecified atom stereocenters. The molecule has 0 amide bonds. The fourth-order valence-electron chi connectivity index (χ4n) is 1.76. The molecule has 0 aromatic rings. The van der Waals surface area contributed by atoms with Crippen molar-refractivity contribution in [1.82, 2.24) is 5.32 Å². The topological polar surface area (TPSA) is 32.3 Å². The molecule has 1 aliphatic heterocycles. The van der Waals surface area contributed by atoms with Crippen molar-refractivity contribution < 1.29 is 5.11 Å². The van der Waals surface area contributed by atoms with E-state index < -0.39 is 0 Å². The third-order valence-corrected chi connectivity index (χ3v) is 3.99. The second-order valence-corrected chi connectivity index (χ2v) is 5.64. The van der Waals surface area contributed by atoms with Crippen molar-refractivity contribution in [2.24, 2.45) is 5.92 Å². The highest BCUT2D eigenvalue weighted by atomic mass is 32.2. The smallest absolute Gasteiger partial charge is 0.0787 e. The maximum absolute atomic E-state index is 10.1. The van der Waals surface area contributed by atoms with E-state index in [1.807, 2.05) is 11.8 Å². The summed E-state index contributed by atoms with van der Waals surface area (Å²) in [6, 6.07) is 0. The fourth-order valence-corrected chi connectivity index (χ4v) is 3.01. The molecule has 13 heavy (non-hydrogen) atoms. The minimum Gasteiger partial charge on any atom is -0.389 e. The van der Waals surface area contributed by atoms with Crippen molar-refractivity contribution in [2.45, 2.75) is 31.3 Å². The highest BCUT2D eigenvalue weighted by molar-refractivity contribution is 7.99. The summed E-state index contributed by atoms with van der Waals surface area (Å²) in [4.78, 5) is 0. The molecule has 0 spiro atoms. The van der Waals surface area contributed by atoms with Gasteiger partial charge in [-0.25, -0.2) is 0 Å². The van der Waals surface area contributed by atoms with Gasteiger partial charge in [-0.1, -0.05) is 0 Å². The van der Waals surface area contributed by atoms with Crippen LogP contribution in [0.5, 0.6) is 0 Å². The van der Waals surface area contributed by atoms with Crippen LogP contribution in [0.1, 0.15) is 25.7 Å². The first-order valence-electron chi connectivity index (χ1n) is 5.29. The van der Waals surface area contributed by atoms with Gasteiger partial charge >= 0.3 is 0 Å². The van der Waals surface area contributed by atoms with Crippen molar-refractivity contribution in [3.63, 3.8) is 0 Å². The predicted octanol–water partition coefficient (Wildman–Crippen LogP) is 1.24. The molecule has 2 fully saturated rings. The maximum Gasteiger partial charge on any atom is 0.0787 e. The van der Waals surface area contributed by atoms with Crippen molar-refractivity contribution in [3.8, 4) is 0 Å². The van der Waals surface area contributed by atoms with Crippen molar-refractivity contribution in [1.29, 1.82) is 0 Å². The number of rotatable bonds is 4. The van der Waals surface area contributed by atoms with Crippen LogP contribution >= 0.6 is 11.8 Å². The Morgan fingerprint density at radius 1 is 1.31 bits per heavy atom. The lowest BCUT2D eigenvalue weighted by atomic mass is 9.97. The second kappa shape index (κ2) is 4.20. The SMILES string of the molecule is OC1(CNCC2CC2)CCSCC1. The molecule has 1 heterocycles. The average molecular weight is 201 g/mol. The van der Waals surface area contributed by atoms with Crippen LogP contribution in [-0.4, -0.2) is 35.3 Å². The van der Waals surface area contributed by atoms with Gasteiger partial charge in [0.05, 0.1) is 5.60 Å². The summed E-state index contributed by atoms with van der Waals surface area (Å²) < 4.78 is 0. The molecule has 2 nitrogen and oxygen atoms in total. The van der Waals surface area contributed by atoms with Crippen molar-refractivity contribution in [3.05, 3.63) is 0 Å². The molecule has 2 N–H and O–H groups in total. The Bertz CT molecular complexity index is 164. The molecule has 1 saturated heterocycles. The van der Waals surface area contributed by atoms with Crippen LogP contribution in [-0.2, 0) is 0 Å². The number of aliphatic hydroxyl groups is 1. The summed E-state index contributed by atoms with van der Waals surface area (Å²) >= 11 is 1.96. The normalized spacial score (nSPS) is 27.5. The number of hydrogen-bond donors (Lipinski definition) is 2. The first-order chi connectivity index (χ1) is 6.29. The van der Waals surface area contributed by atoms with Gasteiger partial charge in [0.1, 0.15) is 0 Å². The van der Waals surface area contributed by atoms with E-state index >= 15 is 0 Å². The molecule has 0 bridgehead atoms. The van der Waals surface area contributed by atoms with Crippen LogP contribution in [0, 0.1) is 5.92 Å². The van der Waals surface area contributed by atoms with Gasteiger partial charge in [0.2, 0.25) is 0 Å². The van der Waals surface area contributed by atoms with Crippen LogP contribution in [0.4, 0.5) is 0 Å². The molecule has 3 heteroatoms. The van der Waals surface area contributed by atoms with Crippen LogP contribution in [0.2, 0.25) is 0 Å². The van der Waals surface area contributed by atoms with E-state index in [0.29, 0.717) is 0 Å². The maximum atomic E-state index is 10.1. The van der Waals surface area contributed by atoms with E-state index in [9.17, 15) is 5.11 Å². The Hall–Kier alpha value is 0.270. The van der Waals surface area contributed by atoms with Crippen LogP contribution in [0.3, 0.4) is 0 Å². The summed E-state index contributed by atoms with van der Waals surface area (Å²) in [5.41, 5.74) is -0.389. The summed E-state index contributed by atoms with van der Waals surface area (Å²) in [6.07, 6.45) is 4.72. The molecule has 0 aromatic heterocycles. The summed E-state index contributed by atoms with van der Waals surface area (Å²) in [6.45, 7) is 1.93. The first kappa shape index (κ1) is 9.81. The Morgan fingerprint density at radius 2 is 2.00 bits per heavy atom. The Kier molecular flexibility index (Phi) is 3.17. The largest absolute Gasteiger partial charge is 0.389 e. The molecule has 1 aliphatic carbocycles. The van der Waals surface area contributed by atoms with Crippen LogP contribution in [0.15, 0.2) is 0 Å². The minimum atomic E-state index is -0.389. The highest BCUT2D eigenvalue weighted by Gasteiger charge is 2.29. The predicted molar refractivity (Wildman–Crippen MR) is 57.1 cm³/mol. The lowest BCUT2D eigenvalue weighted by Gasteiger charge is -2.32. The van der Waals surface area contributed by atoms with Crippen LogP contribution < -0.4 is 5.32 Å². The fraction of sp³-hybridized carbons (Fsp3) is 1.00. The molecule has 2 rings (SSSR count). The van der Waals surface area contributed by atoms with Gasteiger partial charge in [0.25, 0.3) is 0 Å². The van der Waals surface area contributed by atoms with E-state index in [2.05, 4.69) is 5.32 Å². The van der Waals surface area contributed by atoms with Crippen LogP contribution in [0.25, 0.3) is 0 Å². The Morgan fingerprint density at radius 3 is 2.62 bits per heavy atom. The zero-order valence-corrected chi connectivity index (χ0v) is 8.91. The second-order valence-electron chi connectivity index (χ2n) is 4.41.